The van der Waals surface area contributed by atoms with E-state index in [1.807, 2.05) is 61.5 Å². The Bertz CT molecular complexity index is 1120. The van der Waals surface area contributed by atoms with Gasteiger partial charge < -0.3 is 9.67 Å². The van der Waals surface area contributed by atoms with E-state index in [0.29, 0.717) is 11.1 Å². The fourth-order valence-electron chi connectivity index (χ4n) is 3.55. The summed E-state index contributed by atoms with van der Waals surface area (Å²) < 4.78 is 2.10. The molecular weight excluding hydrogens is 322 g/mol. The van der Waals surface area contributed by atoms with E-state index >= 15 is 0 Å². The Kier molecular flexibility index (Phi) is 3.85. The van der Waals surface area contributed by atoms with Crippen molar-refractivity contribution in [2.45, 2.75) is 13.8 Å². The van der Waals surface area contributed by atoms with Gasteiger partial charge in [-0.25, -0.2) is 0 Å². The van der Waals surface area contributed by atoms with E-state index in [4.69, 9.17) is 0 Å². The van der Waals surface area contributed by atoms with Crippen molar-refractivity contribution >= 4 is 16.7 Å². The summed E-state index contributed by atoms with van der Waals surface area (Å²) >= 11 is 0. The number of para-hydroxylation sites is 1. The Morgan fingerprint density at radius 3 is 2.31 bits per heavy atom. The van der Waals surface area contributed by atoms with Crippen LogP contribution in [-0.2, 0) is 0 Å². The van der Waals surface area contributed by atoms with Gasteiger partial charge in [-0.3, -0.25) is 4.79 Å². The molecule has 3 nitrogen and oxygen atoms in total. The van der Waals surface area contributed by atoms with E-state index < -0.39 is 0 Å². The van der Waals surface area contributed by atoms with Crippen LogP contribution in [0.3, 0.4) is 0 Å². The molecule has 4 aromatic rings. The number of fused-ring (bicyclic) bond motifs is 1. The van der Waals surface area contributed by atoms with Crippen LogP contribution in [0.25, 0.3) is 16.6 Å². The first-order valence-electron chi connectivity index (χ1n) is 8.57. The number of aromatic hydroxyl groups is 1. The van der Waals surface area contributed by atoms with Crippen LogP contribution < -0.4 is 0 Å². The topological polar surface area (TPSA) is 42.2 Å². The molecule has 1 heterocycles. The number of carbonyl (C=O) groups is 1. The molecule has 3 aromatic carbocycles. The van der Waals surface area contributed by atoms with Gasteiger partial charge >= 0.3 is 0 Å². The number of aromatic nitrogens is 1. The molecule has 0 amide bonds. The van der Waals surface area contributed by atoms with Gasteiger partial charge in [-0.1, -0.05) is 48.5 Å². The van der Waals surface area contributed by atoms with E-state index in [2.05, 4.69) is 17.6 Å². The van der Waals surface area contributed by atoms with Gasteiger partial charge in [0.15, 0.2) is 5.78 Å². The maximum Gasteiger partial charge on any atom is 0.195 e. The average Bonchev–Trinajstić information content (AvgIpc) is 2.93. The van der Waals surface area contributed by atoms with E-state index in [1.54, 1.807) is 12.1 Å². The van der Waals surface area contributed by atoms with Gasteiger partial charge in [0.25, 0.3) is 0 Å². The molecule has 4 rings (SSSR count). The molecule has 0 aliphatic heterocycles. The van der Waals surface area contributed by atoms with Crippen LogP contribution in [0, 0.1) is 13.8 Å². The molecule has 0 spiro atoms. The summed E-state index contributed by atoms with van der Waals surface area (Å²) in [5.41, 5.74) is 5.21. The highest BCUT2D eigenvalue weighted by Crippen LogP contribution is 2.33. The van der Waals surface area contributed by atoms with E-state index in [1.165, 1.54) is 0 Å². The van der Waals surface area contributed by atoms with Crippen molar-refractivity contribution in [1.29, 1.82) is 0 Å². The van der Waals surface area contributed by atoms with Crippen LogP contribution in [0.4, 0.5) is 0 Å². The Morgan fingerprint density at radius 2 is 1.58 bits per heavy atom. The van der Waals surface area contributed by atoms with Gasteiger partial charge in [-0.2, -0.15) is 0 Å². The Morgan fingerprint density at radius 1 is 0.885 bits per heavy atom. The molecule has 26 heavy (non-hydrogen) atoms. The predicted octanol–water partition coefficient (Wildman–Crippen LogP) is 5.18. The molecule has 0 aliphatic carbocycles. The van der Waals surface area contributed by atoms with Crippen molar-refractivity contribution < 1.29 is 9.90 Å². The first kappa shape index (κ1) is 16.2. The lowest BCUT2D eigenvalue weighted by atomic mass is 10.0. The predicted molar refractivity (Wildman–Crippen MR) is 104 cm³/mol. The standard InChI is InChI=1S/C23H19NO2/c1-15-8-6-7-11-20(15)24-16(2)22(19-14-18(25)12-13-21(19)24)23(26)17-9-4-3-5-10-17/h3-14,25H,1-2H3. The van der Waals surface area contributed by atoms with Crippen molar-refractivity contribution in [2.75, 3.05) is 0 Å². The van der Waals surface area contributed by atoms with Gasteiger partial charge in [-0.05, 0) is 43.7 Å². The fourth-order valence-corrected chi connectivity index (χ4v) is 3.55. The number of phenolic OH excluding ortho intramolecular Hbond substituents is 1. The lowest BCUT2D eigenvalue weighted by molar-refractivity contribution is 0.103. The van der Waals surface area contributed by atoms with E-state index in [0.717, 1.165) is 27.8 Å². The molecule has 0 bridgehead atoms. The summed E-state index contributed by atoms with van der Waals surface area (Å²) in [6.45, 7) is 4.01. The third-order valence-electron chi connectivity index (χ3n) is 4.81. The molecule has 0 fully saturated rings. The maximum atomic E-state index is 13.2. The van der Waals surface area contributed by atoms with Crippen LogP contribution in [0.2, 0.25) is 0 Å². The highest BCUT2D eigenvalue weighted by molar-refractivity contribution is 6.18. The largest absolute Gasteiger partial charge is 0.508 e. The number of nitrogens with zero attached hydrogens (tertiary/aromatic N) is 1. The van der Waals surface area contributed by atoms with Crippen LogP contribution in [-0.4, -0.2) is 15.5 Å². The highest BCUT2D eigenvalue weighted by Gasteiger charge is 2.22. The summed E-state index contributed by atoms with van der Waals surface area (Å²) in [5.74, 6) is 0.118. The van der Waals surface area contributed by atoms with Crippen LogP contribution >= 0.6 is 0 Å². The molecule has 1 aromatic heterocycles. The number of rotatable bonds is 3. The summed E-state index contributed by atoms with van der Waals surface area (Å²) in [4.78, 5) is 13.2. The van der Waals surface area contributed by atoms with Crippen molar-refractivity contribution in [1.82, 2.24) is 4.57 Å². The quantitative estimate of drug-likeness (QED) is 0.521. The summed E-state index contributed by atoms with van der Waals surface area (Å²) in [5, 5.41) is 10.8. The molecule has 0 saturated heterocycles. The zero-order chi connectivity index (χ0) is 18.3. The summed E-state index contributed by atoms with van der Waals surface area (Å²) in [6, 6.07) is 22.6. The number of carbonyl (C=O) groups excluding carboxylic acids is 1. The van der Waals surface area contributed by atoms with Gasteiger partial charge in [0.05, 0.1) is 11.1 Å². The molecular formula is C23H19NO2. The molecule has 0 radical (unpaired) electrons. The van der Waals surface area contributed by atoms with Gasteiger partial charge in [0.1, 0.15) is 5.75 Å². The second kappa shape index (κ2) is 6.19. The lowest BCUT2D eigenvalue weighted by Crippen LogP contribution is -2.05. The molecule has 3 heteroatoms. The maximum absolute atomic E-state index is 13.2. The Hall–Kier alpha value is -3.33. The minimum Gasteiger partial charge on any atom is -0.508 e. The Labute approximate surface area is 152 Å². The Balaban J connectivity index is 2.06. The monoisotopic (exact) mass is 341 g/mol. The number of hydrogen-bond donors (Lipinski definition) is 1. The summed E-state index contributed by atoms with van der Waals surface area (Å²) in [7, 11) is 0. The molecule has 0 saturated carbocycles. The lowest BCUT2D eigenvalue weighted by Gasteiger charge is -2.12. The highest BCUT2D eigenvalue weighted by atomic mass is 16.3. The number of aryl methyl sites for hydroxylation is 1. The van der Waals surface area contributed by atoms with Crippen molar-refractivity contribution in [3.05, 3.63) is 95.2 Å². The molecule has 1 N–H and O–H groups in total. The number of phenols is 1. The third-order valence-corrected chi connectivity index (χ3v) is 4.81. The third kappa shape index (κ3) is 2.49. The normalized spacial score (nSPS) is 11.0. The number of hydrogen-bond acceptors (Lipinski definition) is 2. The SMILES string of the molecule is Cc1ccccc1-n1c(C)c(C(=O)c2ccccc2)c2cc(O)ccc21. The second-order valence-corrected chi connectivity index (χ2v) is 6.48. The molecule has 0 aliphatic rings. The minimum atomic E-state index is -0.0361. The first-order chi connectivity index (χ1) is 12.6. The smallest absolute Gasteiger partial charge is 0.195 e. The second-order valence-electron chi connectivity index (χ2n) is 6.48. The van der Waals surface area contributed by atoms with Crippen molar-refractivity contribution in [3.8, 4) is 11.4 Å². The van der Waals surface area contributed by atoms with Crippen molar-refractivity contribution in [3.63, 3.8) is 0 Å². The molecule has 128 valence electrons. The van der Waals surface area contributed by atoms with Gasteiger partial charge in [0, 0.05) is 22.3 Å². The van der Waals surface area contributed by atoms with Gasteiger partial charge in [-0.15, -0.1) is 0 Å². The van der Waals surface area contributed by atoms with Gasteiger partial charge in [0.2, 0.25) is 0 Å². The minimum absolute atomic E-state index is 0.0361. The number of benzene rings is 3. The zero-order valence-electron chi connectivity index (χ0n) is 14.7. The van der Waals surface area contributed by atoms with Crippen LogP contribution in [0.5, 0.6) is 5.75 Å². The summed E-state index contributed by atoms with van der Waals surface area (Å²) in [6.07, 6.45) is 0. The van der Waals surface area contributed by atoms with Crippen LogP contribution in [0.15, 0.2) is 72.8 Å². The van der Waals surface area contributed by atoms with E-state index in [-0.39, 0.29) is 11.5 Å². The van der Waals surface area contributed by atoms with E-state index in [9.17, 15) is 9.90 Å². The molecule has 0 atom stereocenters. The fraction of sp³-hybridized carbons (Fsp3) is 0.0870. The van der Waals surface area contributed by atoms with Crippen LogP contribution in [0.1, 0.15) is 27.2 Å². The number of ketones is 1. The molecule has 0 unspecified atom stereocenters. The zero-order valence-corrected chi connectivity index (χ0v) is 14.7. The average molecular weight is 341 g/mol. The first-order valence-corrected chi connectivity index (χ1v) is 8.57. The van der Waals surface area contributed by atoms with Crippen molar-refractivity contribution in [2.24, 2.45) is 0 Å².